The number of hydrogen-bond donors (Lipinski definition) is 2. The van der Waals surface area contributed by atoms with E-state index in [1.54, 1.807) is 7.11 Å². The third-order valence-corrected chi connectivity index (χ3v) is 6.22. The summed E-state index contributed by atoms with van der Waals surface area (Å²) in [6.45, 7) is 5.78. The number of amides is 2. The summed E-state index contributed by atoms with van der Waals surface area (Å²) in [5.74, 6) is 1.14. The highest BCUT2D eigenvalue weighted by atomic mass is 35.5. The highest BCUT2D eigenvalue weighted by Crippen LogP contribution is 2.20. The van der Waals surface area contributed by atoms with E-state index in [4.69, 9.17) is 4.74 Å². The zero-order valence-electron chi connectivity index (χ0n) is 20.4. The highest BCUT2D eigenvalue weighted by molar-refractivity contribution is 5.96. The van der Waals surface area contributed by atoms with Crippen LogP contribution in [0.25, 0.3) is 0 Å². The first-order valence-corrected chi connectivity index (χ1v) is 12.1. The van der Waals surface area contributed by atoms with Crippen molar-refractivity contribution in [2.75, 3.05) is 39.8 Å². The number of para-hydroxylation sites is 1. The number of hydrogen-bond acceptors (Lipinski definition) is 4. The lowest BCUT2D eigenvalue weighted by Crippen LogP contribution is -2.41. The van der Waals surface area contributed by atoms with Gasteiger partial charge in [0.25, 0.3) is 0 Å². The molecule has 0 saturated heterocycles. The van der Waals surface area contributed by atoms with Crippen LogP contribution >= 0.6 is 12.4 Å². The average molecular weight is 488 g/mol. The summed E-state index contributed by atoms with van der Waals surface area (Å²) in [6, 6.07) is 14.2. The average Bonchev–Trinajstić information content (AvgIpc) is 3.06. The van der Waals surface area contributed by atoms with Gasteiger partial charge in [-0.1, -0.05) is 30.3 Å². The molecule has 3 rings (SSSR count). The Bertz CT molecular complexity index is 935. The molecule has 1 aliphatic rings. The van der Waals surface area contributed by atoms with Crippen LogP contribution in [0.3, 0.4) is 0 Å². The molecule has 0 spiro atoms. The Morgan fingerprint density at radius 1 is 1.00 bits per heavy atom. The van der Waals surface area contributed by atoms with Crippen molar-refractivity contribution in [1.29, 1.82) is 0 Å². The first kappa shape index (κ1) is 27.7. The molecule has 7 heteroatoms. The summed E-state index contributed by atoms with van der Waals surface area (Å²) >= 11 is 0. The lowest BCUT2D eigenvalue weighted by molar-refractivity contribution is 0.0979. The normalized spacial score (nSPS) is 12.8. The summed E-state index contributed by atoms with van der Waals surface area (Å²) in [7, 11) is 1.70. The van der Waals surface area contributed by atoms with Crippen molar-refractivity contribution in [2.45, 2.75) is 45.4 Å². The molecule has 0 bridgehead atoms. The minimum atomic E-state index is -0.00174. The van der Waals surface area contributed by atoms with Crippen LogP contribution in [0.5, 0.6) is 5.75 Å². The van der Waals surface area contributed by atoms with Crippen LogP contribution in [-0.4, -0.2) is 56.5 Å². The van der Waals surface area contributed by atoms with Gasteiger partial charge in [-0.25, -0.2) is 4.79 Å². The second-order valence-corrected chi connectivity index (χ2v) is 8.50. The zero-order valence-corrected chi connectivity index (χ0v) is 21.2. The fourth-order valence-corrected chi connectivity index (χ4v) is 4.30. The van der Waals surface area contributed by atoms with E-state index in [-0.39, 0.29) is 24.2 Å². The van der Waals surface area contributed by atoms with Gasteiger partial charge in [0.2, 0.25) is 0 Å². The molecule has 2 N–H and O–H groups in total. The topological polar surface area (TPSA) is 70.7 Å². The SMILES string of the molecule is CCNC(=O)N1CCc2ccc(C(=O)CCCCNCCc3ccccc3OC)cc2CC1.Cl. The van der Waals surface area contributed by atoms with Crippen LogP contribution in [0.4, 0.5) is 4.79 Å². The number of fused-ring (bicyclic) bond motifs is 1. The van der Waals surface area contributed by atoms with Crippen LogP contribution in [0, 0.1) is 0 Å². The second kappa shape index (κ2) is 14.6. The number of halogens is 1. The molecule has 6 nitrogen and oxygen atoms in total. The largest absolute Gasteiger partial charge is 0.496 e. The van der Waals surface area contributed by atoms with Crippen molar-refractivity contribution in [3.63, 3.8) is 0 Å². The maximum Gasteiger partial charge on any atom is 0.317 e. The fourth-order valence-electron chi connectivity index (χ4n) is 4.30. The van der Waals surface area contributed by atoms with E-state index < -0.39 is 0 Å². The Hall–Kier alpha value is -2.57. The van der Waals surface area contributed by atoms with Crippen molar-refractivity contribution < 1.29 is 14.3 Å². The molecule has 0 aromatic heterocycles. The van der Waals surface area contributed by atoms with Crippen molar-refractivity contribution in [3.05, 3.63) is 64.7 Å². The van der Waals surface area contributed by atoms with Crippen LogP contribution in [0.1, 0.15) is 53.2 Å². The van der Waals surface area contributed by atoms with Crippen LogP contribution in [0.15, 0.2) is 42.5 Å². The zero-order chi connectivity index (χ0) is 23.5. The van der Waals surface area contributed by atoms with Gasteiger partial charge in [-0.3, -0.25) is 4.79 Å². The highest BCUT2D eigenvalue weighted by Gasteiger charge is 2.19. The van der Waals surface area contributed by atoms with E-state index in [1.807, 2.05) is 42.2 Å². The van der Waals surface area contributed by atoms with E-state index in [2.05, 4.69) is 22.8 Å². The van der Waals surface area contributed by atoms with E-state index in [0.29, 0.717) is 19.5 Å². The van der Waals surface area contributed by atoms with Crippen molar-refractivity contribution in [2.24, 2.45) is 0 Å². The standard InChI is InChI=1S/C27H37N3O3.ClH/c1-3-29-27(32)30-18-14-21-11-12-24(20-23(21)15-19-30)25(31)9-6-7-16-28-17-13-22-8-4-5-10-26(22)33-2;/h4-5,8,10-12,20,28H,3,6-7,9,13-19H2,1-2H3,(H,29,32);1H. The van der Waals surface area contributed by atoms with Crippen LogP contribution in [0.2, 0.25) is 0 Å². The van der Waals surface area contributed by atoms with Crippen molar-refractivity contribution >= 4 is 24.2 Å². The molecule has 0 saturated carbocycles. The first-order valence-electron chi connectivity index (χ1n) is 12.1. The van der Waals surface area contributed by atoms with Gasteiger partial charge in [0.1, 0.15) is 5.75 Å². The van der Waals surface area contributed by atoms with Gasteiger partial charge in [0.05, 0.1) is 7.11 Å². The summed E-state index contributed by atoms with van der Waals surface area (Å²) < 4.78 is 5.39. The molecular weight excluding hydrogens is 450 g/mol. The van der Waals surface area contributed by atoms with E-state index in [1.165, 1.54) is 16.7 Å². The number of Topliss-reactive ketones (excluding diaryl/α,β-unsaturated/α-hetero) is 1. The number of carbonyl (C=O) groups excluding carboxylic acids is 2. The quantitative estimate of drug-likeness (QED) is 0.363. The summed E-state index contributed by atoms with van der Waals surface area (Å²) in [6.07, 6.45) is 4.98. The number of carbonyl (C=O) groups is 2. The lowest BCUT2D eigenvalue weighted by atomic mass is 9.97. The van der Waals surface area contributed by atoms with Crippen molar-refractivity contribution in [3.8, 4) is 5.75 Å². The summed E-state index contributed by atoms with van der Waals surface area (Å²) in [4.78, 5) is 26.7. The third-order valence-electron chi connectivity index (χ3n) is 6.22. The fraction of sp³-hybridized carbons (Fsp3) is 0.481. The minimum absolute atomic E-state index is 0. The van der Waals surface area contributed by atoms with Gasteiger partial charge < -0.3 is 20.3 Å². The monoisotopic (exact) mass is 487 g/mol. The Labute approximate surface area is 209 Å². The number of ketones is 1. The first-order chi connectivity index (χ1) is 16.1. The molecule has 1 heterocycles. The molecule has 0 radical (unpaired) electrons. The molecule has 186 valence electrons. The molecule has 0 atom stereocenters. The minimum Gasteiger partial charge on any atom is -0.496 e. The summed E-state index contributed by atoms with van der Waals surface area (Å²) in [5, 5.41) is 6.34. The number of ether oxygens (including phenoxy) is 1. The second-order valence-electron chi connectivity index (χ2n) is 8.50. The molecule has 0 unspecified atom stereocenters. The summed E-state index contributed by atoms with van der Waals surface area (Å²) in [5.41, 5.74) is 4.45. The molecular formula is C27H38ClN3O3. The predicted octanol–water partition coefficient (Wildman–Crippen LogP) is 4.43. The van der Waals surface area contributed by atoms with E-state index in [9.17, 15) is 9.59 Å². The maximum atomic E-state index is 12.7. The number of urea groups is 1. The Morgan fingerprint density at radius 3 is 2.53 bits per heavy atom. The number of nitrogens with one attached hydrogen (secondary N) is 2. The molecule has 2 aromatic carbocycles. The molecule has 2 amide bonds. The van der Waals surface area contributed by atoms with Gasteiger partial charge in [0.15, 0.2) is 5.78 Å². The van der Waals surface area contributed by atoms with E-state index >= 15 is 0 Å². The number of benzene rings is 2. The molecule has 2 aromatic rings. The number of nitrogens with zero attached hydrogens (tertiary/aromatic N) is 1. The van der Waals surface area contributed by atoms with E-state index in [0.717, 1.165) is 63.1 Å². The van der Waals surface area contributed by atoms with Gasteiger partial charge in [-0.05, 0) is 80.9 Å². The van der Waals surface area contributed by atoms with Crippen molar-refractivity contribution in [1.82, 2.24) is 15.5 Å². The maximum absolute atomic E-state index is 12.7. The molecule has 0 aliphatic carbocycles. The number of unbranched alkanes of at least 4 members (excludes halogenated alkanes) is 1. The van der Waals surface area contributed by atoms with Crippen LogP contribution < -0.4 is 15.4 Å². The third kappa shape index (κ3) is 8.03. The Kier molecular flexibility index (Phi) is 11.9. The number of rotatable bonds is 11. The lowest BCUT2D eigenvalue weighted by Gasteiger charge is -2.20. The van der Waals surface area contributed by atoms with Gasteiger partial charge in [-0.2, -0.15) is 0 Å². The van der Waals surface area contributed by atoms with Crippen LogP contribution in [-0.2, 0) is 19.3 Å². The van der Waals surface area contributed by atoms with Gasteiger partial charge in [0, 0.05) is 31.6 Å². The number of methoxy groups -OCH3 is 1. The Balaban J connectivity index is 0.00000408. The molecule has 1 aliphatic heterocycles. The Morgan fingerprint density at radius 2 is 1.76 bits per heavy atom. The smallest absolute Gasteiger partial charge is 0.317 e. The predicted molar refractivity (Wildman–Crippen MR) is 139 cm³/mol. The molecule has 0 fully saturated rings. The van der Waals surface area contributed by atoms with Gasteiger partial charge >= 0.3 is 6.03 Å². The van der Waals surface area contributed by atoms with Gasteiger partial charge in [-0.15, -0.1) is 12.4 Å². The molecule has 34 heavy (non-hydrogen) atoms.